The Morgan fingerprint density at radius 3 is 2.41 bits per heavy atom. The van der Waals surface area contributed by atoms with Crippen molar-refractivity contribution in [3.8, 4) is 0 Å². The van der Waals surface area contributed by atoms with Crippen molar-refractivity contribution >= 4 is 24.0 Å². The molecule has 4 heteroatoms. The summed E-state index contributed by atoms with van der Waals surface area (Å²) in [5.74, 6) is 0.528. The number of piperidine rings is 1. The third-order valence-corrected chi connectivity index (χ3v) is 3.97. The van der Waals surface area contributed by atoms with Gasteiger partial charge in [0.2, 0.25) is 0 Å². The number of anilines is 1. The van der Waals surface area contributed by atoms with Gasteiger partial charge in [-0.3, -0.25) is 4.79 Å². The molecule has 116 valence electrons. The lowest BCUT2D eigenvalue weighted by Crippen LogP contribution is -2.28. The highest BCUT2D eigenvalue weighted by atomic mass is 35.5. The van der Waals surface area contributed by atoms with Gasteiger partial charge < -0.3 is 10.6 Å². The summed E-state index contributed by atoms with van der Waals surface area (Å²) in [6.07, 6.45) is 2.47. The molecule has 1 heterocycles. The number of benzene rings is 2. The van der Waals surface area contributed by atoms with Crippen molar-refractivity contribution in [2.45, 2.75) is 18.8 Å². The highest BCUT2D eigenvalue weighted by molar-refractivity contribution is 6.04. The molecule has 0 aliphatic carbocycles. The smallest absolute Gasteiger partial charge is 0.255 e. The molecular weight excluding hydrogens is 296 g/mol. The molecule has 3 nitrogen and oxygen atoms in total. The average Bonchev–Trinajstić information content (AvgIpc) is 2.57. The molecule has 2 aromatic rings. The molecule has 1 unspecified atom stereocenters. The second-order valence-electron chi connectivity index (χ2n) is 5.49. The number of hydrogen-bond acceptors (Lipinski definition) is 2. The van der Waals surface area contributed by atoms with Crippen molar-refractivity contribution in [2.75, 3.05) is 18.4 Å². The highest BCUT2D eigenvalue weighted by Crippen LogP contribution is 2.24. The summed E-state index contributed by atoms with van der Waals surface area (Å²) in [4.78, 5) is 12.1. The SMILES string of the molecule is Cl.O=C(Nc1ccc(C2CCCNC2)cc1)c1ccccc1. The van der Waals surface area contributed by atoms with Gasteiger partial charge in [-0.2, -0.15) is 0 Å². The van der Waals surface area contributed by atoms with E-state index in [1.54, 1.807) is 0 Å². The minimum absolute atomic E-state index is 0. The molecule has 1 amide bonds. The molecule has 1 atom stereocenters. The van der Waals surface area contributed by atoms with Crippen LogP contribution in [-0.2, 0) is 0 Å². The molecule has 1 saturated heterocycles. The van der Waals surface area contributed by atoms with Crippen LogP contribution in [-0.4, -0.2) is 19.0 Å². The third-order valence-electron chi connectivity index (χ3n) is 3.97. The quantitative estimate of drug-likeness (QED) is 0.903. The monoisotopic (exact) mass is 316 g/mol. The molecule has 1 aliphatic heterocycles. The molecule has 1 aliphatic rings. The van der Waals surface area contributed by atoms with Crippen LogP contribution >= 0.6 is 12.4 Å². The lowest BCUT2D eigenvalue weighted by atomic mass is 9.91. The number of nitrogens with one attached hydrogen (secondary N) is 2. The summed E-state index contributed by atoms with van der Waals surface area (Å²) in [5.41, 5.74) is 2.87. The summed E-state index contributed by atoms with van der Waals surface area (Å²) >= 11 is 0. The van der Waals surface area contributed by atoms with Crippen molar-refractivity contribution < 1.29 is 4.79 Å². The van der Waals surface area contributed by atoms with E-state index in [-0.39, 0.29) is 18.3 Å². The van der Waals surface area contributed by atoms with E-state index < -0.39 is 0 Å². The van der Waals surface area contributed by atoms with E-state index in [0.29, 0.717) is 11.5 Å². The summed E-state index contributed by atoms with van der Waals surface area (Å²) < 4.78 is 0. The predicted octanol–water partition coefficient (Wildman–Crippen LogP) is 3.83. The number of carbonyl (C=O) groups excluding carboxylic acids is 1. The summed E-state index contributed by atoms with van der Waals surface area (Å²) in [6.45, 7) is 2.18. The Kier molecular flexibility index (Phi) is 5.99. The zero-order valence-corrected chi connectivity index (χ0v) is 13.2. The van der Waals surface area contributed by atoms with Crippen LogP contribution in [0.15, 0.2) is 54.6 Å². The second-order valence-corrected chi connectivity index (χ2v) is 5.49. The van der Waals surface area contributed by atoms with Gasteiger partial charge in [0, 0.05) is 17.8 Å². The van der Waals surface area contributed by atoms with E-state index in [0.717, 1.165) is 18.8 Å². The van der Waals surface area contributed by atoms with Crippen LogP contribution in [0.2, 0.25) is 0 Å². The lowest BCUT2D eigenvalue weighted by Gasteiger charge is -2.23. The average molecular weight is 317 g/mol. The van der Waals surface area contributed by atoms with E-state index in [9.17, 15) is 4.79 Å². The van der Waals surface area contributed by atoms with E-state index in [1.165, 1.54) is 18.4 Å². The molecule has 0 radical (unpaired) electrons. The molecule has 2 N–H and O–H groups in total. The van der Waals surface area contributed by atoms with Crippen LogP contribution in [0.3, 0.4) is 0 Å². The lowest BCUT2D eigenvalue weighted by molar-refractivity contribution is 0.102. The van der Waals surface area contributed by atoms with Crippen LogP contribution in [0.5, 0.6) is 0 Å². The van der Waals surface area contributed by atoms with Gasteiger partial charge in [0.15, 0.2) is 0 Å². The minimum atomic E-state index is -0.0670. The summed E-state index contributed by atoms with van der Waals surface area (Å²) in [5, 5.41) is 6.37. The van der Waals surface area contributed by atoms with Gasteiger partial charge in [0.05, 0.1) is 0 Å². The number of rotatable bonds is 3. The van der Waals surface area contributed by atoms with Crippen LogP contribution in [0, 0.1) is 0 Å². The molecule has 0 aromatic heterocycles. The van der Waals surface area contributed by atoms with E-state index >= 15 is 0 Å². The number of amides is 1. The molecule has 0 saturated carbocycles. The molecule has 2 aromatic carbocycles. The van der Waals surface area contributed by atoms with E-state index in [4.69, 9.17) is 0 Å². The van der Waals surface area contributed by atoms with Crippen LogP contribution in [0.1, 0.15) is 34.7 Å². The first kappa shape index (κ1) is 16.5. The number of halogens is 1. The van der Waals surface area contributed by atoms with Crippen molar-refractivity contribution in [1.29, 1.82) is 0 Å². The fraction of sp³-hybridized carbons (Fsp3) is 0.278. The normalized spacial score (nSPS) is 17.4. The van der Waals surface area contributed by atoms with Crippen molar-refractivity contribution in [3.05, 3.63) is 65.7 Å². The first-order valence-corrected chi connectivity index (χ1v) is 7.50. The standard InChI is InChI=1S/C18H20N2O.ClH/c21-18(15-5-2-1-3-6-15)20-17-10-8-14(9-11-17)16-7-4-12-19-13-16;/h1-3,5-6,8-11,16,19H,4,7,12-13H2,(H,20,21);1H. The molecule has 22 heavy (non-hydrogen) atoms. The summed E-state index contributed by atoms with van der Waals surface area (Å²) in [6, 6.07) is 17.5. The highest BCUT2D eigenvalue weighted by Gasteiger charge is 2.14. The Balaban J connectivity index is 0.00000176. The van der Waals surface area contributed by atoms with Crippen molar-refractivity contribution in [1.82, 2.24) is 5.32 Å². The van der Waals surface area contributed by atoms with E-state index in [1.807, 2.05) is 42.5 Å². The molecule has 1 fully saturated rings. The Morgan fingerprint density at radius 1 is 1.05 bits per heavy atom. The maximum absolute atomic E-state index is 12.1. The topological polar surface area (TPSA) is 41.1 Å². The third kappa shape index (κ3) is 4.09. The van der Waals surface area contributed by atoms with Crippen molar-refractivity contribution in [3.63, 3.8) is 0 Å². The largest absolute Gasteiger partial charge is 0.322 e. The minimum Gasteiger partial charge on any atom is -0.322 e. The first-order valence-electron chi connectivity index (χ1n) is 7.50. The zero-order valence-electron chi connectivity index (χ0n) is 12.4. The number of carbonyl (C=O) groups is 1. The second kappa shape index (κ2) is 7.97. The van der Waals surface area contributed by atoms with Gasteiger partial charge in [-0.25, -0.2) is 0 Å². The molecule has 3 rings (SSSR count). The Labute approximate surface area is 137 Å². The van der Waals surface area contributed by atoms with Crippen molar-refractivity contribution in [2.24, 2.45) is 0 Å². The Morgan fingerprint density at radius 2 is 1.77 bits per heavy atom. The zero-order chi connectivity index (χ0) is 14.5. The van der Waals surface area contributed by atoms with Gasteiger partial charge in [0.1, 0.15) is 0 Å². The van der Waals surface area contributed by atoms with Gasteiger partial charge in [-0.15, -0.1) is 12.4 Å². The van der Waals surface area contributed by atoms with Gasteiger partial charge in [-0.05, 0) is 55.1 Å². The Bertz CT molecular complexity index is 592. The molecular formula is C18H21ClN2O. The maximum atomic E-state index is 12.1. The van der Waals surface area contributed by atoms with Gasteiger partial charge >= 0.3 is 0 Å². The van der Waals surface area contributed by atoms with Crippen LogP contribution in [0.4, 0.5) is 5.69 Å². The number of hydrogen-bond donors (Lipinski definition) is 2. The fourth-order valence-electron chi connectivity index (χ4n) is 2.77. The van der Waals surface area contributed by atoms with Crippen LogP contribution in [0.25, 0.3) is 0 Å². The fourth-order valence-corrected chi connectivity index (χ4v) is 2.77. The molecule has 0 bridgehead atoms. The first-order chi connectivity index (χ1) is 10.3. The van der Waals surface area contributed by atoms with Gasteiger partial charge in [-0.1, -0.05) is 30.3 Å². The predicted molar refractivity (Wildman–Crippen MR) is 92.9 cm³/mol. The molecule has 0 spiro atoms. The summed E-state index contributed by atoms with van der Waals surface area (Å²) in [7, 11) is 0. The van der Waals surface area contributed by atoms with Crippen LogP contribution < -0.4 is 10.6 Å². The maximum Gasteiger partial charge on any atom is 0.255 e. The van der Waals surface area contributed by atoms with E-state index in [2.05, 4.69) is 22.8 Å². The van der Waals surface area contributed by atoms with Gasteiger partial charge in [0.25, 0.3) is 5.91 Å². The Hall–Kier alpha value is -1.84.